The second-order valence-electron chi connectivity index (χ2n) is 10.7. The van der Waals surface area contributed by atoms with Gasteiger partial charge in [0, 0.05) is 9.24 Å². The molecule has 0 aliphatic rings. The van der Waals surface area contributed by atoms with Crippen LogP contribution in [0.25, 0.3) is 0 Å². The highest BCUT2D eigenvalue weighted by molar-refractivity contribution is 7.27. The summed E-state index contributed by atoms with van der Waals surface area (Å²) in [6.45, 7) is 2.13. The van der Waals surface area contributed by atoms with Gasteiger partial charge in [0.1, 0.15) is 52.7 Å². The molecule has 0 nitrogen and oxygen atoms in total. The van der Waals surface area contributed by atoms with Gasteiger partial charge in [0.15, 0.2) is 69.8 Å². The van der Waals surface area contributed by atoms with Gasteiger partial charge in [0.25, 0.3) is 0 Å². The Bertz CT molecular complexity index is 1920. The van der Waals surface area contributed by atoms with Gasteiger partial charge in [-0.25, -0.2) is 87.8 Å². The minimum atomic E-state index is -7.22. The lowest BCUT2D eigenvalue weighted by molar-refractivity contribution is 0.378. The van der Waals surface area contributed by atoms with E-state index in [0.29, 0.717) is 0 Å². The lowest BCUT2D eigenvalue weighted by Gasteiger charge is -2.44. The van der Waals surface area contributed by atoms with Gasteiger partial charge in [-0.2, -0.15) is 0 Å². The van der Waals surface area contributed by atoms with Crippen LogP contribution in [0.4, 0.5) is 87.8 Å². The Morgan fingerprint density at radius 1 is 0.302 bits per heavy atom. The number of aryl methyl sites for hydroxylation is 1. The molecule has 0 saturated carbocycles. The normalized spacial score (nSPS) is 11.6. The summed E-state index contributed by atoms with van der Waals surface area (Å²) in [4.78, 5) is 0. The first-order valence-corrected chi connectivity index (χ1v) is 14.3. The van der Waals surface area contributed by atoms with Crippen LogP contribution >= 0.6 is 9.24 Å². The molecule has 1 atom stereocenters. The monoisotopic (exact) mass is 804 g/mol. The predicted octanol–water partition coefficient (Wildman–Crippen LogP) is 7.07. The summed E-state index contributed by atoms with van der Waals surface area (Å²) in [5.41, 5.74) is -12.9. The minimum Gasteiger partial charge on any atom is -0.207 e. The van der Waals surface area contributed by atoms with Crippen molar-refractivity contribution in [3.8, 4) is 0 Å². The lowest BCUT2D eigenvalue weighted by Crippen LogP contribution is -2.81. The quantitative estimate of drug-likeness (QED) is 0.0600. The molecule has 5 aromatic carbocycles. The highest BCUT2D eigenvalue weighted by Crippen LogP contribution is 2.30. The maximum Gasteiger partial charge on any atom is 0.200 e. The van der Waals surface area contributed by atoms with Crippen LogP contribution in [0, 0.1) is 123 Å². The first-order chi connectivity index (χ1) is 24.5. The molecule has 1 unspecified atom stereocenters. The van der Waals surface area contributed by atoms with Crippen LogP contribution in [0.5, 0.6) is 0 Å². The summed E-state index contributed by atoms with van der Waals surface area (Å²) in [7, 11) is 1.93. The van der Waals surface area contributed by atoms with Crippen molar-refractivity contribution >= 4 is 42.5 Å². The van der Waals surface area contributed by atoms with Gasteiger partial charge in [0.2, 0.25) is 0 Å². The molecular formula is C31H10BF20P. The van der Waals surface area contributed by atoms with E-state index in [9.17, 15) is 52.7 Å². The molecule has 0 spiro atoms. The molecule has 282 valence electrons. The molecule has 0 aliphatic heterocycles. The summed E-state index contributed by atoms with van der Waals surface area (Å²) in [6.07, 6.45) is -7.22. The molecule has 0 N–H and O–H groups in total. The van der Waals surface area contributed by atoms with E-state index in [1.54, 1.807) is 0 Å². The van der Waals surface area contributed by atoms with E-state index in [1.807, 2.05) is 9.24 Å². The van der Waals surface area contributed by atoms with Crippen LogP contribution in [0.3, 0.4) is 0 Å². The number of halogens is 20. The van der Waals surface area contributed by atoms with Gasteiger partial charge >= 0.3 is 0 Å². The van der Waals surface area contributed by atoms with Gasteiger partial charge in [-0.15, -0.1) is 21.9 Å². The molecule has 5 rings (SSSR count). The van der Waals surface area contributed by atoms with Crippen molar-refractivity contribution in [1.29, 1.82) is 0 Å². The molecule has 0 radical (unpaired) electrons. The summed E-state index contributed by atoms with van der Waals surface area (Å²) < 4.78 is 294. The number of hydrogen-bond acceptors (Lipinski definition) is 0. The van der Waals surface area contributed by atoms with Crippen molar-refractivity contribution in [3.05, 3.63) is 146 Å². The molecule has 0 fully saturated rings. The summed E-state index contributed by atoms with van der Waals surface area (Å²) in [5.74, 6) is -71.4. The third-order valence-electron chi connectivity index (χ3n) is 7.97. The van der Waals surface area contributed by atoms with E-state index in [4.69, 9.17) is 0 Å². The fraction of sp³-hybridized carbons (Fsp3) is 0.0323. The molecule has 0 amide bonds. The van der Waals surface area contributed by atoms with Crippen molar-refractivity contribution < 1.29 is 87.8 Å². The van der Waals surface area contributed by atoms with Crippen LogP contribution in [0.15, 0.2) is 24.3 Å². The van der Waals surface area contributed by atoms with Crippen LogP contribution in [-0.2, 0) is 0 Å². The van der Waals surface area contributed by atoms with Gasteiger partial charge < -0.3 is 0 Å². The predicted molar refractivity (Wildman–Crippen MR) is 151 cm³/mol. The van der Waals surface area contributed by atoms with Crippen molar-refractivity contribution in [2.45, 2.75) is 6.92 Å². The number of benzene rings is 5. The second kappa shape index (κ2) is 14.6. The van der Waals surface area contributed by atoms with Crippen molar-refractivity contribution in [2.75, 3.05) is 0 Å². The second-order valence-corrected chi connectivity index (χ2v) is 11.5. The molecule has 22 heteroatoms. The van der Waals surface area contributed by atoms with Crippen molar-refractivity contribution in [1.82, 2.24) is 0 Å². The van der Waals surface area contributed by atoms with Crippen LogP contribution in [0.2, 0.25) is 0 Å². The molecule has 0 aliphatic carbocycles. The molecule has 53 heavy (non-hydrogen) atoms. The minimum absolute atomic E-state index is 1.38. The highest BCUT2D eigenvalue weighted by atomic mass is 31.0. The maximum atomic E-state index is 15.4. The smallest absolute Gasteiger partial charge is 0.200 e. The SMILES string of the molecule is Cc1ccccc1[PH3+].Fc1c(F)c(F)c([B-](c2c(F)c(F)c(F)c(F)c2F)(c2c(F)c(F)c(F)c(F)c2F)c2c(F)c(F)c(F)c(F)c2F)c(F)c1F. The van der Waals surface area contributed by atoms with Gasteiger partial charge in [-0.3, -0.25) is 0 Å². The first-order valence-electron chi connectivity index (χ1n) is 13.6. The van der Waals surface area contributed by atoms with E-state index in [2.05, 4.69) is 31.2 Å². The van der Waals surface area contributed by atoms with E-state index in [0.717, 1.165) is 0 Å². The summed E-state index contributed by atoms with van der Waals surface area (Å²) in [6, 6.07) is 8.39. The molecule has 5 aromatic rings. The maximum absolute atomic E-state index is 15.4. The molecule has 0 bridgehead atoms. The average Bonchev–Trinajstić information content (AvgIpc) is 3.13. The third kappa shape index (κ3) is 6.05. The van der Waals surface area contributed by atoms with Crippen molar-refractivity contribution in [3.63, 3.8) is 0 Å². The van der Waals surface area contributed by atoms with E-state index in [1.165, 1.54) is 10.9 Å². The Morgan fingerprint density at radius 3 is 0.623 bits per heavy atom. The number of rotatable bonds is 4. The van der Waals surface area contributed by atoms with Crippen molar-refractivity contribution in [2.24, 2.45) is 0 Å². The van der Waals surface area contributed by atoms with Crippen LogP contribution in [0.1, 0.15) is 5.56 Å². The van der Waals surface area contributed by atoms with E-state index in [-0.39, 0.29) is 0 Å². The molecule has 0 aromatic heterocycles. The van der Waals surface area contributed by atoms with Gasteiger partial charge in [-0.05, 0) is 18.6 Å². The van der Waals surface area contributed by atoms with Gasteiger partial charge in [0.05, 0.1) is 5.30 Å². The van der Waals surface area contributed by atoms with Crippen LogP contribution in [-0.4, -0.2) is 6.15 Å². The zero-order valence-corrected chi connectivity index (χ0v) is 26.6. The first kappa shape index (κ1) is 41.0. The topological polar surface area (TPSA) is 0 Å². The molecule has 0 heterocycles. The fourth-order valence-electron chi connectivity index (χ4n) is 5.48. The van der Waals surface area contributed by atoms with E-state index >= 15 is 35.1 Å². The fourth-order valence-corrected chi connectivity index (χ4v) is 5.74. The Morgan fingerprint density at radius 2 is 0.472 bits per heavy atom. The van der Waals surface area contributed by atoms with E-state index < -0.39 is 144 Å². The molecular weight excluding hydrogens is 794 g/mol. The Hall–Kier alpha value is -4.81. The zero-order valence-electron chi connectivity index (χ0n) is 25.2. The van der Waals surface area contributed by atoms with Crippen LogP contribution < -0.4 is 27.2 Å². The lowest BCUT2D eigenvalue weighted by atomic mass is 9.12. The Balaban J connectivity index is 0.000000692. The average molecular weight is 804 g/mol. The Labute approximate surface area is 283 Å². The Kier molecular flexibility index (Phi) is 11.2. The largest absolute Gasteiger partial charge is 0.207 e. The highest BCUT2D eigenvalue weighted by Gasteiger charge is 2.52. The number of hydrogen-bond donors (Lipinski definition) is 0. The summed E-state index contributed by atoms with van der Waals surface area (Å²) in [5, 5.41) is 1.40. The molecule has 0 saturated heterocycles. The third-order valence-corrected chi connectivity index (χ3v) is 8.76. The standard InChI is InChI=1S/C24BF20.C7H9P/c26-5-1(6(27)14(35)21(42)13(5)34)25(2-7(28)15(36)22(43)16(37)8(2)29,3-9(30)17(38)23(44)18(39)10(3)31)4-11(32)19(40)24(45)20(41)12(4)33;1-6-4-2-3-5-7(6)8/h;2-5H,8H2,1H3/q-1;/p+1. The zero-order chi connectivity index (χ0) is 40.3. The van der Waals surface area contributed by atoms with Gasteiger partial charge in [-0.1, -0.05) is 18.2 Å². The summed E-state index contributed by atoms with van der Waals surface area (Å²) >= 11 is 0.